The Hall–Kier alpha value is -2.99. The van der Waals surface area contributed by atoms with Gasteiger partial charge in [-0.1, -0.05) is 24.3 Å². The van der Waals surface area contributed by atoms with Crippen molar-refractivity contribution in [2.45, 2.75) is 19.4 Å². The van der Waals surface area contributed by atoms with Crippen LogP contribution in [0, 0.1) is 6.92 Å². The van der Waals surface area contributed by atoms with Crippen molar-refractivity contribution in [3.8, 4) is 22.6 Å². The smallest absolute Gasteiger partial charge is 0.253 e. The second kappa shape index (κ2) is 7.56. The first-order chi connectivity index (χ1) is 13.5. The van der Waals surface area contributed by atoms with Gasteiger partial charge in [0.15, 0.2) is 0 Å². The van der Waals surface area contributed by atoms with Crippen LogP contribution in [0.2, 0.25) is 0 Å². The predicted molar refractivity (Wildman–Crippen MR) is 108 cm³/mol. The second-order valence-corrected chi connectivity index (χ2v) is 7.40. The van der Waals surface area contributed by atoms with Gasteiger partial charge in [-0.2, -0.15) is 0 Å². The maximum absolute atomic E-state index is 12.8. The Labute approximate surface area is 164 Å². The molecule has 0 saturated carbocycles. The summed E-state index contributed by atoms with van der Waals surface area (Å²) in [5.74, 6) is 1.15. The second-order valence-electron chi connectivity index (χ2n) is 7.40. The molecule has 144 valence electrons. The van der Waals surface area contributed by atoms with Gasteiger partial charge >= 0.3 is 0 Å². The van der Waals surface area contributed by atoms with Gasteiger partial charge in [0.2, 0.25) is 11.8 Å². The Balaban J connectivity index is 1.47. The van der Waals surface area contributed by atoms with E-state index in [1.54, 1.807) is 6.92 Å². The molecule has 4 rings (SSSR count). The third kappa shape index (κ3) is 3.68. The third-order valence-electron chi connectivity index (χ3n) is 5.36. The van der Waals surface area contributed by atoms with Gasteiger partial charge in [0.1, 0.15) is 0 Å². The van der Waals surface area contributed by atoms with Crippen LogP contribution in [0.3, 0.4) is 0 Å². The van der Waals surface area contributed by atoms with E-state index in [4.69, 9.17) is 4.42 Å². The number of hydrogen-bond donors (Lipinski definition) is 0. The Morgan fingerprint density at radius 2 is 1.64 bits per heavy atom. The summed E-state index contributed by atoms with van der Waals surface area (Å²) in [5, 5.41) is 7.90. The number of aryl methyl sites for hydroxylation is 1. The normalized spacial score (nSPS) is 17.0. The molecule has 2 heterocycles. The molecule has 2 aromatic carbocycles. The molecule has 1 aliphatic heterocycles. The average molecular weight is 376 g/mol. The molecular formula is C22H24N4O2. The summed E-state index contributed by atoms with van der Waals surface area (Å²) in [5.41, 5.74) is 3.75. The zero-order valence-electron chi connectivity index (χ0n) is 16.4. The molecule has 0 spiro atoms. The summed E-state index contributed by atoms with van der Waals surface area (Å²) in [6, 6.07) is 16.1. The van der Waals surface area contributed by atoms with Crippen molar-refractivity contribution in [3.63, 3.8) is 0 Å². The van der Waals surface area contributed by atoms with E-state index in [-0.39, 0.29) is 11.9 Å². The van der Waals surface area contributed by atoms with Crippen molar-refractivity contribution < 1.29 is 9.21 Å². The first-order valence-corrected chi connectivity index (χ1v) is 9.48. The van der Waals surface area contributed by atoms with Gasteiger partial charge in [0, 0.05) is 37.7 Å². The molecule has 1 atom stereocenters. The van der Waals surface area contributed by atoms with Crippen molar-refractivity contribution in [3.05, 3.63) is 60.0 Å². The molecule has 0 unspecified atom stereocenters. The Kier molecular flexibility index (Phi) is 4.96. The molecule has 3 aromatic rings. The lowest BCUT2D eigenvalue weighted by Crippen LogP contribution is -2.38. The number of amides is 1. The van der Waals surface area contributed by atoms with E-state index in [2.05, 4.69) is 22.1 Å². The van der Waals surface area contributed by atoms with Gasteiger partial charge in [-0.15, -0.1) is 10.2 Å². The monoisotopic (exact) mass is 376 g/mol. The van der Waals surface area contributed by atoms with Gasteiger partial charge < -0.3 is 14.2 Å². The van der Waals surface area contributed by atoms with Crippen molar-refractivity contribution in [1.82, 2.24) is 20.0 Å². The lowest BCUT2D eigenvalue weighted by molar-refractivity contribution is 0.0737. The molecule has 1 amide bonds. The van der Waals surface area contributed by atoms with E-state index < -0.39 is 0 Å². The van der Waals surface area contributed by atoms with E-state index in [1.165, 1.54) is 0 Å². The van der Waals surface area contributed by atoms with Gasteiger partial charge in [-0.25, -0.2) is 0 Å². The zero-order valence-corrected chi connectivity index (χ0v) is 16.4. The number of carbonyl (C=O) groups is 1. The van der Waals surface area contributed by atoms with Crippen LogP contribution in [0.1, 0.15) is 22.7 Å². The molecule has 1 saturated heterocycles. The maximum Gasteiger partial charge on any atom is 0.253 e. The molecule has 0 radical (unpaired) electrons. The molecule has 1 aromatic heterocycles. The van der Waals surface area contributed by atoms with E-state index in [0.29, 0.717) is 11.8 Å². The minimum absolute atomic E-state index is 0.0777. The maximum atomic E-state index is 12.8. The number of rotatable bonds is 4. The van der Waals surface area contributed by atoms with Crippen LogP contribution in [-0.2, 0) is 0 Å². The van der Waals surface area contributed by atoms with Crippen molar-refractivity contribution >= 4 is 5.91 Å². The van der Waals surface area contributed by atoms with Crippen molar-refractivity contribution in [2.24, 2.45) is 0 Å². The highest BCUT2D eigenvalue weighted by Crippen LogP contribution is 2.25. The Bertz CT molecular complexity index is 963. The molecule has 0 aliphatic carbocycles. The summed E-state index contributed by atoms with van der Waals surface area (Å²) < 4.78 is 5.46. The molecule has 6 nitrogen and oxygen atoms in total. The highest BCUT2D eigenvalue weighted by atomic mass is 16.4. The summed E-state index contributed by atoms with van der Waals surface area (Å²) in [6.45, 7) is 3.75. The highest BCUT2D eigenvalue weighted by molar-refractivity contribution is 5.94. The van der Waals surface area contributed by atoms with Crippen molar-refractivity contribution in [1.29, 1.82) is 0 Å². The summed E-state index contributed by atoms with van der Waals surface area (Å²) in [4.78, 5) is 16.9. The number of carbonyl (C=O) groups excluding carboxylic acids is 1. The topological polar surface area (TPSA) is 62.5 Å². The van der Waals surface area contributed by atoms with Crippen LogP contribution in [0.4, 0.5) is 0 Å². The molecule has 1 aliphatic rings. The largest absolute Gasteiger partial charge is 0.421 e. The SMILES string of the molecule is Cc1nnc(-c2ccc(-c3ccc(C(=O)N(C)[C@H]4CCN(C)C4)cc3)cc2)o1. The molecule has 6 heteroatoms. The van der Waals surface area contributed by atoms with E-state index in [1.807, 2.05) is 60.5 Å². The van der Waals surface area contributed by atoms with E-state index >= 15 is 0 Å². The fourth-order valence-electron chi connectivity index (χ4n) is 3.62. The van der Waals surface area contributed by atoms with Crippen LogP contribution in [0.15, 0.2) is 52.9 Å². The average Bonchev–Trinajstić information content (AvgIpc) is 3.35. The highest BCUT2D eigenvalue weighted by Gasteiger charge is 2.26. The standard InChI is InChI=1S/C22H24N4O2/c1-15-23-24-21(28-15)18-8-4-16(5-9-18)17-6-10-19(11-7-17)22(27)26(3)20-12-13-25(2)14-20/h4-11,20H,12-14H2,1-3H3/t20-/m0/s1. The summed E-state index contributed by atoms with van der Waals surface area (Å²) in [7, 11) is 4.00. The van der Waals surface area contributed by atoms with Crippen LogP contribution in [0.5, 0.6) is 0 Å². The number of nitrogens with zero attached hydrogens (tertiary/aromatic N) is 4. The van der Waals surface area contributed by atoms with Crippen LogP contribution in [-0.4, -0.2) is 59.1 Å². The summed E-state index contributed by atoms with van der Waals surface area (Å²) in [6.07, 6.45) is 1.03. The number of aromatic nitrogens is 2. The zero-order chi connectivity index (χ0) is 19.7. The minimum Gasteiger partial charge on any atom is -0.421 e. The van der Waals surface area contributed by atoms with Gasteiger partial charge in [-0.3, -0.25) is 4.79 Å². The van der Waals surface area contributed by atoms with Gasteiger partial charge in [0.25, 0.3) is 5.91 Å². The number of hydrogen-bond acceptors (Lipinski definition) is 5. The minimum atomic E-state index is 0.0777. The van der Waals surface area contributed by atoms with Gasteiger partial charge in [0.05, 0.1) is 0 Å². The number of likely N-dealkylation sites (N-methyl/N-ethyl adjacent to an activating group) is 2. The fraction of sp³-hybridized carbons (Fsp3) is 0.318. The molecular weight excluding hydrogens is 352 g/mol. The Morgan fingerprint density at radius 3 is 2.18 bits per heavy atom. The van der Waals surface area contributed by atoms with E-state index in [9.17, 15) is 4.79 Å². The third-order valence-corrected chi connectivity index (χ3v) is 5.36. The predicted octanol–water partition coefficient (Wildman–Crippen LogP) is 3.49. The lowest BCUT2D eigenvalue weighted by atomic mass is 10.0. The summed E-state index contributed by atoms with van der Waals surface area (Å²) >= 11 is 0. The first kappa shape index (κ1) is 18.4. The Morgan fingerprint density at radius 1 is 1.04 bits per heavy atom. The molecule has 0 bridgehead atoms. The molecule has 0 N–H and O–H groups in total. The fourth-order valence-corrected chi connectivity index (χ4v) is 3.62. The van der Waals surface area contributed by atoms with Crippen LogP contribution >= 0.6 is 0 Å². The lowest BCUT2D eigenvalue weighted by Gasteiger charge is -2.24. The number of benzene rings is 2. The molecule has 28 heavy (non-hydrogen) atoms. The van der Waals surface area contributed by atoms with Gasteiger partial charge in [-0.05, 0) is 55.4 Å². The van der Waals surface area contributed by atoms with Crippen LogP contribution < -0.4 is 0 Å². The quantitative estimate of drug-likeness (QED) is 0.697. The van der Waals surface area contributed by atoms with Crippen LogP contribution in [0.25, 0.3) is 22.6 Å². The first-order valence-electron chi connectivity index (χ1n) is 9.48. The van der Waals surface area contributed by atoms with E-state index in [0.717, 1.165) is 41.8 Å². The number of likely N-dealkylation sites (tertiary alicyclic amines) is 1. The van der Waals surface area contributed by atoms with Crippen molar-refractivity contribution in [2.75, 3.05) is 27.2 Å². The molecule has 1 fully saturated rings.